The highest BCUT2D eigenvalue weighted by Gasteiger charge is 2.18. The summed E-state index contributed by atoms with van der Waals surface area (Å²) in [5, 5.41) is 0. The standard InChI is InChI=1S/C16H18BrNO2S/c1-3-13-4-10-16(11-5-13)21(19,20)18-12(2)14-6-8-15(17)9-7-14/h4-12,18H,3H2,1-2H3/t12-/m0/s1. The predicted octanol–water partition coefficient (Wildman–Crippen LogP) is 4.05. The van der Waals surface area contributed by atoms with Crippen LogP contribution in [0.4, 0.5) is 0 Å². The Morgan fingerprint density at radius 3 is 2.14 bits per heavy atom. The first-order chi connectivity index (χ1) is 9.92. The Morgan fingerprint density at radius 1 is 1.05 bits per heavy atom. The molecule has 0 bridgehead atoms. The fourth-order valence-corrected chi connectivity index (χ4v) is 3.52. The van der Waals surface area contributed by atoms with E-state index in [1.807, 2.05) is 50.2 Å². The van der Waals surface area contributed by atoms with Gasteiger partial charge in [0.15, 0.2) is 0 Å². The van der Waals surface area contributed by atoms with E-state index >= 15 is 0 Å². The fraction of sp³-hybridized carbons (Fsp3) is 0.250. The lowest BCUT2D eigenvalue weighted by Gasteiger charge is -2.15. The summed E-state index contributed by atoms with van der Waals surface area (Å²) in [7, 11) is -3.50. The van der Waals surface area contributed by atoms with Crippen molar-refractivity contribution in [3.63, 3.8) is 0 Å². The largest absolute Gasteiger partial charge is 0.241 e. The van der Waals surface area contributed by atoms with Crippen molar-refractivity contribution in [3.05, 3.63) is 64.1 Å². The van der Waals surface area contributed by atoms with E-state index in [1.165, 1.54) is 0 Å². The van der Waals surface area contributed by atoms with E-state index in [1.54, 1.807) is 12.1 Å². The van der Waals surface area contributed by atoms with Crippen molar-refractivity contribution < 1.29 is 8.42 Å². The Labute approximate surface area is 134 Å². The SMILES string of the molecule is CCc1ccc(S(=O)(=O)N[C@@H](C)c2ccc(Br)cc2)cc1. The molecule has 0 aromatic heterocycles. The predicted molar refractivity (Wildman–Crippen MR) is 88.7 cm³/mol. The number of sulfonamides is 1. The van der Waals surface area contributed by atoms with Crippen LogP contribution >= 0.6 is 15.9 Å². The third-order valence-electron chi connectivity index (χ3n) is 3.34. The maximum Gasteiger partial charge on any atom is 0.241 e. The molecular weight excluding hydrogens is 350 g/mol. The lowest BCUT2D eigenvalue weighted by atomic mass is 10.1. The van der Waals surface area contributed by atoms with Gasteiger partial charge in [-0.2, -0.15) is 0 Å². The number of rotatable bonds is 5. The van der Waals surface area contributed by atoms with Crippen molar-refractivity contribution in [2.45, 2.75) is 31.2 Å². The first-order valence-electron chi connectivity index (χ1n) is 6.79. The minimum Gasteiger partial charge on any atom is -0.207 e. The zero-order valence-electron chi connectivity index (χ0n) is 12.0. The van der Waals surface area contributed by atoms with Crippen LogP contribution in [0.15, 0.2) is 57.9 Å². The molecule has 112 valence electrons. The van der Waals surface area contributed by atoms with Gasteiger partial charge in [-0.3, -0.25) is 0 Å². The molecule has 5 heteroatoms. The molecule has 0 aliphatic heterocycles. The molecule has 0 radical (unpaired) electrons. The van der Waals surface area contributed by atoms with Crippen molar-refractivity contribution in [1.29, 1.82) is 0 Å². The zero-order chi connectivity index (χ0) is 15.5. The summed E-state index contributed by atoms with van der Waals surface area (Å²) >= 11 is 3.37. The molecule has 1 atom stereocenters. The molecule has 0 amide bonds. The summed E-state index contributed by atoms with van der Waals surface area (Å²) in [4.78, 5) is 0.295. The van der Waals surface area contributed by atoms with Gasteiger partial charge < -0.3 is 0 Å². The molecule has 0 heterocycles. The normalized spacial score (nSPS) is 13.1. The highest BCUT2D eigenvalue weighted by Crippen LogP contribution is 2.19. The van der Waals surface area contributed by atoms with Crippen molar-refractivity contribution >= 4 is 26.0 Å². The summed E-state index contributed by atoms with van der Waals surface area (Å²) in [6.07, 6.45) is 0.892. The monoisotopic (exact) mass is 367 g/mol. The second kappa shape index (κ2) is 6.73. The van der Waals surface area contributed by atoms with Crippen molar-refractivity contribution in [2.75, 3.05) is 0 Å². The smallest absolute Gasteiger partial charge is 0.207 e. The van der Waals surface area contributed by atoms with Crippen LogP contribution in [0.25, 0.3) is 0 Å². The van der Waals surface area contributed by atoms with E-state index in [9.17, 15) is 8.42 Å². The average Bonchev–Trinajstić information content (AvgIpc) is 2.47. The third-order valence-corrected chi connectivity index (χ3v) is 5.43. The zero-order valence-corrected chi connectivity index (χ0v) is 14.4. The van der Waals surface area contributed by atoms with Gasteiger partial charge in [-0.05, 0) is 48.7 Å². The van der Waals surface area contributed by atoms with Crippen molar-refractivity contribution in [2.24, 2.45) is 0 Å². The Kier molecular flexibility index (Phi) is 5.19. The molecule has 0 aliphatic carbocycles. The number of hydrogen-bond acceptors (Lipinski definition) is 2. The molecule has 2 aromatic carbocycles. The Bertz CT molecular complexity index is 694. The van der Waals surface area contributed by atoms with E-state index in [0.29, 0.717) is 4.90 Å². The van der Waals surface area contributed by atoms with E-state index in [0.717, 1.165) is 22.0 Å². The van der Waals surface area contributed by atoms with Crippen LogP contribution in [0.3, 0.4) is 0 Å². The van der Waals surface area contributed by atoms with Crippen LogP contribution in [-0.4, -0.2) is 8.42 Å². The van der Waals surface area contributed by atoms with Gasteiger partial charge in [0.2, 0.25) is 10.0 Å². The van der Waals surface area contributed by atoms with Crippen LogP contribution < -0.4 is 4.72 Å². The Morgan fingerprint density at radius 2 is 1.62 bits per heavy atom. The maximum atomic E-state index is 12.4. The first kappa shape index (κ1) is 16.2. The third kappa shape index (κ3) is 4.15. The Hall–Kier alpha value is -1.17. The number of hydrogen-bond donors (Lipinski definition) is 1. The molecule has 0 saturated carbocycles. The lowest BCUT2D eigenvalue weighted by Crippen LogP contribution is -2.26. The van der Waals surface area contributed by atoms with Crippen LogP contribution in [0.2, 0.25) is 0 Å². The maximum absolute atomic E-state index is 12.4. The summed E-state index contributed by atoms with van der Waals surface area (Å²) in [6.45, 7) is 3.87. The van der Waals surface area contributed by atoms with Crippen LogP contribution in [0.1, 0.15) is 31.0 Å². The minimum absolute atomic E-state index is 0.283. The summed E-state index contributed by atoms with van der Waals surface area (Å²) in [6, 6.07) is 14.3. The van der Waals surface area contributed by atoms with Gasteiger partial charge in [0.05, 0.1) is 4.90 Å². The second-order valence-corrected chi connectivity index (χ2v) is 7.52. The van der Waals surface area contributed by atoms with E-state index in [-0.39, 0.29) is 6.04 Å². The molecule has 0 fully saturated rings. The summed E-state index contributed by atoms with van der Waals surface area (Å²) in [5.74, 6) is 0. The molecule has 0 unspecified atom stereocenters. The van der Waals surface area contributed by atoms with E-state index < -0.39 is 10.0 Å². The molecule has 0 aliphatic rings. The molecule has 2 rings (SSSR count). The van der Waals surface area contributed by atoms with Gasteiger partial charge in [-0.25, -0.2) is 13.1 Å². The number of nitrogens with one attached hydrogen (secondary N) is 1. The minimum atomic E-state index is -3.50. The molecule has 1 N–H and O–H groups in total. The van der Waals surface area contributed by atoms with Crippen LogP contribution in [-0.2, 0) is 16.4 Å². The molecule has 3 nitrogen and oxygen atoms in total. The highest BCUT2D eigenvalue weighted by molar-refractivity contribution is 9.10. The van der Waals surface area contributed by atoms with Crippen LogP contribution in [0, 0.1) is 0 Å². The molecule has 21 heavy (non-hydrogen) atoms. The first-order valence-corrected chi connectivity index (χ1v) is 9.06. The van der Waals surface area contributed by atoms with Gasteiger partial charge in [-0.15, -0.1) is 0 Å². The molecule has 2 aromatic rings. The molecule has 0 spiro atoms. The molecule has 0 saturated heterocycles. The lowest BCUT2D eigenvalue weighted by molar-refractivity contribution is 0.567. The van der Waals surface area contributed by atoms with Gasteiger partial charge in [0.25, 0.3) is 0 Å². The second-order valence-electron chi connectivity index (χ2n) is 4.89. The number of benzene rings is 2. The highest BCUT2D eigenvalue weighted by atomic mass is 79.9. The van der Waals surface area contributed by atoms with E-state index in [2.05, 4.69) is 20.7 Å². The van der Waals surface area contributed by atoms with Gasteiger partial charge in [0, 0.05) is 10.5 Å². The topological polar surface area (TPSA) is 46.2 Å². The van der Waals surface area contributed by atoms with Crippen molar-refractivity contribution in [3.8, 4) is 0 Å². The van der Waals surface area contributed by atoms with Gasteiger partial charge in [-0.1, -0.05) is 47.1 Å². The summed E-state index contributed by atoms with van der Waals surface area (Å²) < 4.78 is 28.4. The number of halogens is 1. The molecular formula is C16H18BrNO2S. The van der Waals surface area contributed by atoms with Gasteiger partial charge >= 0.3 is 0 Å². The Balaban J connectivity index is 2.17. The average molecular weight is 368 g/mol. The summed E-state index contributed by atoms with van der Waals surface area (Å²) in [5.41, 5.74) is 2.04. The number of aryl methyl sites for hydroxylation is 1. The van der Waals surface area contributed by atoms with Crippen LogP contribution in [0.5, 0.6) is 0 Å². The van der Waals surface area contributed by atoms with Crippen molar-refractivity contribution in [1.82, 2.24) is 4.72 Å². The van der Waals surface area contributed by atoms with Gasteiger partial charge in [0.1, 0.15) is 0 Å². The van der Waals surface area contributed by atoms with E-state index in [4.69, 9.17) is 0 Å². The quantitative estimate of drug-likeness (QED) is 0.866. The fourth-order valence-electron chi connectivity index (χ4n) is 2.02.